The summed E-state index contributed by atoms with van der Waals surface area (Å²) in [5, 5.41) is 0. The Morgan fingerprint density at radius 1 is 1.50 bits per heavy atom. The molecular weight excluding hydrogens is 320 g/mol. The summed E-state index contributed by atoms with van der Waals surface area (Å²) in [6.45, 7) is 1.10. The summed E-state index contributed by atoms with van der Waals surface area (Å²) < 4.78 is 21.9. The van der Waals surface area contributed by atoms with Crippen LogP contribution >= 0.6 is 0 Å². The lowest BCUT2D eigenvalue weighted by atomic mass is 10.4. The third-order valence-corrected chi connectivity index (χ3v) is 3.20. The molecule has 2 atom stereocenters. The third-order valence-electron chi connectivity index (χ3n) is 3.20. The zero-order valence-electron chi connectivity index (χ0n) is 13.7. The molecule has 0 radical (unpaired) electrons. The quantitative estimate of drug-likeness (QED) is 0.531. The van der Waals surface area contributed by atoms with Crippen molar-refractivity contribution in [3.05, 3.63) is 22.7 Å². The van der Waals surface area contributed by atoms with Crippen molar-refractivity contribution in [1.29, 1.82) is 0 Å². The number of carbonyl (C=O) groups excluding carboxylic acids is 1. The first-order valence-electron chi connectivity index (χ1n) is 7.51. The maximum Gasteiger partial charge on any atom is 0.508 e. The molecule has 1 saturated heterocycles. The van der Waals surface area contributed by atoms with Gasteiger partial charge in [0.2, 0.25) is 0 Å². The number of rotatable bonds is 7. The molecule has 2 rings (SSSR count). The van der Waals surface area contributed by atoms with Gasteiger partial charge >= 0.3 is 11.8 Å². The predicted octanol–water partition coefficient (Wildman–Crippen LogP) is -0.198. The first-order valence-corrected chi connectivity index (χ1v) is 7.51. The topological polar surface area (TPSA) is 118 Å². The number of hydrogen-bond donors (Lipinski definition) is 1. The van der Waals surface area contributed by atoms with Crippen molar-refractivity contribution >= 4 is 12.0 Å². The number of hydrogen-bond acceptors (Lipinski definition) is 9. The van der Waals surface area contributed by atoms with Crippen LogP contribution in [0.1, 0.15) is 12.6 Å². The Morgan fingerprint density at radius 2 is 2.29 bits per heavy atom. The fraction of sp³-hybridized carbons (Fsp3) is 0.643. The summed E-state index contributed by atoms with van der Waals surface area (Å²) >= 11 is 0. The first kappa shape index (κ1) is 18.2. The van der Waals surface area contributed by atoms with Crippen molar-refractivity contribution in [2.24, 2.45) is 0 Å². The van der Waals surface area contributed by atoms with Gasteiger partial charge in [-0.05, 0) is 26.6 Å². The van der Waals surface area contributed by atoms with E-state index in [-0.39, 0.29) is 25.6 Å². The van der Waals surface area contributed by atoms with Crippen LogP contribution in [0.4, 0.5) is 10.6 Å². The van der Waals surface area contributed by atoms with Gasteiger partial charge in [-0.3, -0.25) is 4.57 Å². The zero-order chi connectivity index (χ0) is 17.5. The predicted molar refractivity (Wildman–Crippen MR) is 83.2 cm³/mol. The van der Waals surface area contributed by atoms with Gasteiger partial charge in [-0.2, -0.15) is 4.98 Å². The van der Waals surface area contributed by atoms with Crippen molar-refractivity contribution < 1.29 is 23.7 Å². The van der Waals surface area contributed by atoms with E-state index in [0.717, 1.165) is 6.54 Å². The van der Waals surface area contributed by atoms with Crippen LogP contribution in [0.5, 0.6) is 0 Å². The number of ether oxygens (including phenoxy) is 4. The molecule has 2 heterocycles. The molecule has 1 aliphatic rings. The maximum absolute atomic E-state index is 11.7. The van der Waals surface area contributed by atoms with Crippen LogP contribution < -0.4 is 11.4 Å². The Morgan fingerprint density at radius 3 is 3.00 bits per heavy atom. The van der Waals surface area contributed by atoms with Crippen molar-refractivity contribution in [2.75, 3.05) is 46.2 Å². The van der Waals surface area contributed by atoms with Crippen molar-refractivity contribution in [3.8, 4) is 0 Å². The Kier molecular flexibility index (Phi) is 6.53. The van der Waals surface area contributed by atoms with Crippen LogP contribution in [0.15, 0.2) is 17.1 Å². The zero-order valence-corrected chi connectivity index (χ0v) is 13.7. The second kappa shape index (κ2) is 8.62. The normalized spacial score (nSPS) is 20.3. The molecule has 0 saturated carbocycles. The van der Waals surface area contributed by atoms with E-state index in [1.165, 1.54) is 16.8 Å². The maximum atomic E-state index is 11.7. The molecule has 0 aromatic carbocycles. The summed E-state index contributed by atoms with van der Waals surface area (Å²) in [4.78, 5) is 28.8. The molecule has 0 unspecified atom stereocenters. The highest BCUT2D eigenvalue weighted by molar-refractivity contribution is 5.59. The minimum absolute atomic E-state index is 0.125. The molecule has 24 heavy (non-hydrogen) atoms. The van der Waals surface area contributed by atoms with Crippen LogP contribution in [0.3, 0.4) is 0 Å². The van der Waals surface area contributed by atoms with E-state index in [9.17, 15) is 9.59 Å². The van der Waals surface area contributed by atoms with E-state index in [4.69, 9.17) is 24.7 Å². The molecule has 2 N–H and O–H groups in total. The molecule has 10 heteroatoms. The summed E-state index contributed by atoms with van der Waals surface area (Å²) in [5.74, 6) is 0.132. The van der Waals surface area contributed by atoms with Gasteiger partial charge in [-0.15, -0.1) is 0 Å². The van der Waals surface area contributed by atoms with Gasteiger partial charge in [0, 0.05) is 12.7 Å². The molecule has 0 bridgehead atoms. The summed E-state index contributed by atoms with van der Waals surface area (Å²) in [6, 6.07) is 1.49. The van der Waals surface area contributed by atoms with Gasteiger partial charge in [-0.1, -0.05) is 0 Å². The van der Waals surface area contributed by atoms with Crippen molar-refractivity contribution in [2.45, 2.75) is 18.9 Å². The monoisotopic (exact) mass is 342 g/mol. The minimum Gasteiger partial charge on any atom is -0.434 e. The lowest BCUT2D eigenvalue weighted by Gasteiger charge is -2.13. The highest BCUT2D eigenvalue weighted by Gasteiger charge is 2.29. The Labute approximate surface area is 139 Å². The van der Waals surface area contributed by atoms with Gasteiger partial charge in [0.15, 0.2) is 12.5 Å². The van der Waals surface area contributed by atoms with Crippen LogP contribution in [0.25, 0.3) is 0 Å². The van der Waals surface area contributed by atoms with Gasteiger partial charge in [0.1, 0.15) is 12.4 Å². The number of nitrogen functional groups attached to an aromatic ring is 1. The van der Waals surface area contributed by atoms with Crippen molar-refractivity contribution in [3.63, 3.8) is 0 Å². The van der Waals surface area contributed by atoms with Crippen LogP contribution in [-0.2, 0) is 18.9 Å². The summed E-state index contributed by atoms with van der Waals surface area (Å²) in [5.41, 5.74) is 4.89. The second-order valence-electron chi connectivity index (χ2n) is 5.46. The standard InChI is InChI=1S/C14H22N4O6/c1-17(2)5-3-7-21-14(20)23-9-12-22-8-11(24-12)18-6-4-10(15)16-13(18)19/h4,6,11-12H,3,5,7-9H2,1-2H3,(H2,15,16,19)/t11-,12-/m0/s1. The second-order valence-corrected chi connectivity index (χ2v) is 5.46. The van der Waals surface area contributed by atoms with Gasteiger partial charge in [-0.25, -0.2) is 9.59 Å². The number of nitrogens with zero attached hydrogens (tertiary/aromatic N) is 3. The molecule has 134 valence electrons. The van der Waals surface area contributed by atoms with Crippen LogP contribution in [0, 0.1) is 0 Å². The third kappa shape index (κ3) is 5.48. The Bertz CT molecular complexity index is 605. The molecule has 10 nitrogen and oxygen atoms in total. The van der Waals surface area contributed by atoms with Crippen LogP contribution in [0.2, 0.25) is 0 Å². The lowest BCUT2D eigenvalue weighted by Crippen LogP contribution is -2.29. The fourth-order valence-corrected chi connectivity index (χ4v) is 2.04. The van der Waals surface area contributed by atoms with E-state index in [2.05, 4.69) is 4.98 Å². The number of carbonyl (C=O) groups is 1. The SMILES string of the molecule is CN(C)CCCOC(=O)OC[C@H]1OC[C@@H](n2ccc(N)nc2=O)O1. The van der Waals surface area contributed by atoms with E-state index < -0.39 is 24.4 Å². The molecular formula is C14H22N4O6. The van der Waals surface area contributed by atoms with Gasteiger partial charge < -0.3 is 29.6 Å². The summed E-state index contributed by atoms with van der Waals surface area (Å²) in [6.07, 6.45) is -0.00553. The van der Waals surface area contributed by atoms with E-state index in [1.54, 1.807) is 0 Å². The number of anilines is 1. The number of aromatic nitrogens is 2. The number of nitrogens with two attached hydrogens (primary N) is 1. The molecule has 0 spiro atoms. The largest absolute Gasteiger partial charge is 0.508 e. The molecule has 1 fully saturated rings. The van der Waals surface area contributed by atoms with Gasteiger partial charge in [0.25, 0.3) is 0 Å². The highest BCUT2D eigenvalue weighted by Crippen LogP contribution is 2.19. The van der Waals surface area contributed by atoms with E-state index >= 15 is 0 Å². The first-order chi connectivity index (χ1) is 11.5. The van der Waals surface area contributed by atoms with E-state index in [0.29, 0.717) is 6.42 Å². The molecule has 1 aromatic heterocycles. The molecule has 1 aliphatic heterocycles. The van der Waals surface area contributed by atoms with Crippen molar-refractivity contribution in [1.82, 2.24) is 14.5 Å². The molecule has 0 aliphatic carbocycles. The van der Waals surface area contributed by atoms with Gasteiger partial charge in [0.05, 0.1) is 13.2 Å². The minimum atomic E-state index is -0.782. The lowest BCUT2D eigenvalue weighted by molar-refractivity contribution is -0.108. The fourth-order valence-electron chi connectivity index (χ4n) is 2.04. The Balaban J connectivity index is 1.70. The molecule has 0 amide bonds. The smallest absolute Gasteiger partial charge is 0.434 e. The van der Waals surface area contributed by atoms with Crippen LogP contribution in [-0.4, -0.2) is 67.4 Å². The molecule has 1 aromatic rings. The average Bonchev–Trinajstić information content (AvgIpc) is 2.98. The Hall–Kier alpha value is -2.17. The van der Waals surface area contributed by atoms with E-state index in [1.807, 2.05) is 19.0 Å². The summed E-state index contributed by atoms with van der Waals surface area (Å²) in [7, 11) is 3.87. The highest BCUT2D eigenvalue weighted by atomic mass is 16.8. The average molecular weight is 342 g/mol.